The fraction of sp³-hybridized carbons (Fsp3) is 0.0500. The van der Waals surface area contributed by atoms with E-state index in [2.05, 4.69) is 61.5 Å². The third-order valence-electron chi connectivity index (χ3n) is 4.18. The molecule has 0 fully saturated rings. The van der Waals surface area contributed by atoms with Gasteiger partial charge in [0.1, 0.15) is 0 Å². The Labute approximate surface area is 156 Å². The molecule has 0 aliphatic rings. The summed E-state index contributed by atoms with van der Waals surface area (Å²) >= 11 is 7.16. The minimum atomic E-state index is 0.0568. The van der Waals surface area contributed by atoms with Gasteiger partial charge in [-0.25, -0.2) is 0 Å². The summed E-state index contributed by atoms with van der Waals surface area (Å²) in [5.41, 5.74) is 4.06. The van der Waals surface area contributed by atoms with Crippen molar-refractivity contribution in [3.63, 3.8) is 0 Å². The van der Waals surface area contributed by atoms with Crippen molar-refractivity contribution < 1.29 is 0 Å². The molecule has 0 unspecified atom stereocenters. The molecule has 1 aromatic heterocycles. The van der Waals surface area contributed by atoms with E-state index in [4.69, 9.17) is 0 Å². The predicted octanol–water partition coefficient (Wildman–Crippen LogP) is 5.98. The van der Waals surface area contributed by atoms with Crippen LogP contribution in [0.1, 0.15) is 5.56 Å². The average molecular weight is 443 g/mol. The second kappa shape index (κ2) is 5.87. The first kappa shape index (κ1) is 15.6. The van der Waals surface area contributed by atoms with Crippen molar-refractivity contribution in [1.82, 2.24) is 4.57 Å². The van der Waals surface area contributed by atoms with Gasteiger partial charge in [0.25, 0.3) is 0 Å². The number of para-hydroxylation sites is 1. The van der Waals surface area contributed by atoms with E-state index in [0.717, 1.165) is 31.1 Å². The normalized spacial score (nSPS) is 11.3. The Bertz CT molecular complexity index is 1160. The van der Waals surface area contributed by atoms with Crippen LogP contribution in [0.25, 0.3) is 27.5 Å². The van der Waals surface area contributed by atoms with Crippen LogP contribution in [-0.2, 0) is 0 Å². The standard InChI is InChI=1S/C20H13Br2NO/c1-12-6-8-19(16(22)10-12)23-17-5-3-2-4-14(17)20(24)15-11-13(21)7-9-18(15)23/h2-11H,1H3. The van der Waals surface area contributed by atoms with Gasteiger partial charge in [-0.3, -0.25) is 4.79 Å². The molecule has 118 valence electrons. The summed E-state index contributed by atoms with van der Waals surface area (Å²) in [6.07, 6.45) is 0. The van der Waals surface area contributed by atoms with Crippen LogP contribution in [0.4, 0.5) is 0 Å². The van der Waals surface area contributed by atoms with Gasteiger partial charge in [-0.1, -0.05) is 34.1 Å². The molecule has 4 rings (SSSR count). The molecular weight excluding hydrogens is 430 g/mol. The number of hydrogen-bond donors (Lipinski definition) is 0. The fourth-order valence-electron chi connectivity index (χ4n) is 3.07. The summed E-state index contributed by atoms with van der Waals surface area (Å²) in [6, 6.07) is 19.8. The molecule has 4 heteroatoms. The van der Waals surface area contributed by atoms with Gasteiger partial charge < -0.3 is 4.57 Å². The second-order valence-corrected chi connectivity index (χ2v) is 7.57. The molecule has 1 heterocycles. The summed E-state index contributed by atoms with van der Waals surface area (Å²) < 4.78 is 4.04. The van der Waals surface area contributed by atoms with Crippen LogP contribution >= 0.6 is 31.9 Å². The van der Waals surface area contributed by atoms with E-state index in [1.807, 2.05) is 42.5 Å². The number of hydrogen-bond acceptors (Lipinski definition) is 1. The van der Waals surface area contributed by atoms with Gasteiger partial charge >= 0.3 is 0 Å². The van der Waals surface area contributed by atoms with Gasteiger partial charge in [-0.2, -0.15) is 0 Å². The van der Waals surface area contributed by atoms with Crippen molar-refractivity contribution in [2.24, 2.45) is 0 Å². The zero-order valence-corrected chi connectivity index (χ0v) is 16.1. The van der Waals surface area contributed by atoms with Crippen molar-refractivity contribution in [1.29, 1.82) is 0 Å². The van der Waals surface area contributed by atoms with Crippen LogP contribution in [0, 0.1) is 6.92 Å². The van der Waals surface area contributed by atoms with Crippen LogP contribution in [0.3, 0.4) is 0 Å². The van der Waals surface area contributed by atoms with E-state index in [1.54, 1.807) is 0 Å². The van der Waals surface area contributed by atoms with Crippen LogP contribution in [0.5, 0.6) is 0 Å². The second-order valence-electron chi connectivity index (χ2n) is 5.80. The van der Waals surface area contributed by atoms with E-state index in [1.165, 1.54) is 5.56 Å². The van der Waals surface area contributed by atoms with E-state index >= 15 is 0 Å². The van der Waals surface area contributed by atoms with Crippen molar-refractivity contribution in [3.8, 4) is 5.69 Å². The van der Waals surface area contributed by atoms with Crippen LogP contribution < -0.4 is 5.43 Å². The van der Waals surface area contributed by atoms with Crippen LogP contribution in [0.2, 0.25) is 0 Å². The molecule has 0 aliphatic heterocycles. The van der Waals surface area contributed by atoms with Gasteiger partial charge in [0.05, 0.1) is 16.7 Å². The molecule has 0 radical (unpaired) electrons. The molecule has 0 amide bonds. The molecule has 0 saturated heterocycles. The first-order valence-electron chi connectivity index (χ1n) is 7.56. The highest BCUT2D eigenvalue weighted by Crippen LogP contribution is 2.30. The van der Waals surface area contributed by atoms with Gasteiger partial charge in [0, 0.05) is 19.7 Å². The Hall–Kier alpha value is -1.91. The van der Waals surface area contributed by atoms with Gasteiger partial charge in [0.2, 0.25) is 0 Å². The molecular formula is C20H13Br2NO. The predicted molar refractivity (Wildman–Crippen MR) is 107 cm³/mol. The van der Waals surface area contributed by atoms with Crippen molar-refractivity contribution in [3.05, 3.63) is 85.4 Å². The highest BCUT2D eigenvalue weighted by atomic mass is 79.9. The number of fused-ring (bicyclic) bond motifs is 2. The van der Waals surface area contributed by atoms with Crippen molar-refractivity contribution in [2.45, 2.75) is 6.92 Å². The Morgan fingerprint density at radius 3 is 2.38 bits per heavy atom. The Balaban J connectivity index is 2.28. The first-order chi connectivity index (χ1) is 11.6. The number of benzene rings is 3. The molecule has 4 aromatic rings. The number of pyridine rings is 1. The lowest BCUT2D eigenvalue weighted by Crippen LogP contribution is -2.10. The Morgan fingerprint density at radius 2 is 1.58 bits per heavy atom. The molecule has 0 N–H and O–H groups in total. The molecule has 24 heavy (non-hydrogen) atoms. The summed E-state index contributed by atoms with van der Waals surface area (Å²) in [5, 5.41) is 1.42. The fourth-order valence-corrected chi connectivity index (χ4v) is 4.11. The lowest BCUT2D eigenvalue weighted by Gasteiger charge is -2.17. The number of aryl methyl sites for hydroxylation is 1. The Kier molecular flexibility index (Phi) is 3.82. The molecule has 0 bridgehead atoms. The van der Waals surface area contributed by atoms with Crippen molar-refractivity contribution in [2.75, 3.05) is 0 Å². The van der Waals surface area contributed by atoms with Crippen molar-refractivity contribution >= 4 is 53.7 Å². The topological polar surface area (TPSA) is 22.0 Å². The largest absolute Gasteiger partial charge is 0.308 e. The maximum absolute atomic E-state index is 12.9. The lowest BCUT2D eigenvalue weighted by atomic mass is 10.1. The van der Waals surface area contributed by atoms with E-state index in [-0.39, 0.29) is 5.43 Å². The Morgan fingerprint density at radius 1 is 0.833 bits per heavy atom. The third-order valence-corrected chi connectivity index (χ3v) is 5.31. The zero-order chi connectivity index (χ0) is 16.8. The monoisotopic (exact) mass is 441 g/mol. The third kappa shape index (κ3) is 2.41. The maximum Gasteiger partial charge on any atom is 0.197 e. The smallest absolute Gasteiger partial charge is 0.197 e. The molecule has 0 saturated carbocycles. The summed E-state index contributed by atoms with van der Waals surface area (Å²) in [5.74, 6) is 0. The molecule has 3 aromatic carbocycles. The molecule has 2 nitrogen and oxygen atoms in total. The minimum Gasteiger partial charge on any atom is -0.308 e. The van der Waals surface area contributed by atoms with Crippen LogP contribution in [0.15, 0.2) is 74.4 Å². The zero-order valence-electron chi connectivity index (χ0n) is 12.9. The van der Waals surface area contributed by atoms with E-state index in [0.29, 0.717) is 5.39 Å². The minimum absolute atomic E-state index is 0.0568. The maximum atomic E-state index is 12.9. The van der Waals surface area contributed by atoms with E-state index < -0.39 is 0 Å². The number of rotatable bonds is 1. The quantitative estimate of drug-likeness (QED) is 0.332. The summed E-state index contributed by atoms with van der Waals surface area (Å²) in [6.45, 7) is 2.06. The van der Waals surface area contributed by atoms with Crippen LogP contribution in [-0.4, -0.2) is 4.57 Å². The molecule has 0 atom stereocenters. The molecule has 0 aliphatic carbocycles. The first-order valence-corrected chi connectivity index (χ1v) is 9.14. The van der Waals surface area contributed by atoms with E-state index in [9.17, 15) is 4.79 Å². The molecule has 0 spiro atoms. The average Bonchev–Trinajstić information content (AvgIpc) is 2.57. The van der Waals surface area contributed by atoms with Gasteiger partial charge in [-0.15, -0.1) is 0 Å². The summed E-state index contributed by atoms with van der Waals surface area (Å²) in [7, 11) is 0. The summed E-state index contributed by atoms with van der Waals surface area (Å²) in [4.78, 5) is 12.9. The highest BCUT2D eigenvalue weighted by molar-refractivity contribution is 9.10. The number of aromatic nitrogens is 1. The number of nitrogens with zero attached hydrogens (tertiary/aromatic N) is 1. The lowest BCUT2D eigenvalue weighted by molar-refractivity contribution is 1.14. The SMILES string of the molecule is Cc1ccc(-n2c3ccccc3c(=O)c3cc(Br)ccc32)c(Br)c1. The van der Waals surface area contributed by atoms with Gasteiger partial charge in [0.15, 0.2) is 5.43 Å². The van der Waals surface area contributed by atoms with Gasteiger partial charge in [-0.05, 0) is 70.9 Å². The highest BCUT2D eigenvalue weighted by Gasteiger charge is 2.14. The number of halogens is 2.